The van der Waals surface area contributed by atoms with E-state index in [4.69, 9.17) is 5.73 Å². The molecule has 21 heavy (non-hydrogen) atoms. The van der Waals surface area contributed by atoms with Gasteiger partial charge in [0.25, 0.3) is 0 Å². The molecule has 0 bridgehead atoms. The number of nitrogens with zero attached hydrogens (tertiary/aromatic N) is 3. The number of hydrogen-bond donors (Lipinski definition) is 1. The average Bonchev–Trinajstić information content (AvgIpc) is 3.04. The highest BCUT2D eigenvalue weighted by molar-refractivity contribution is 7.19. The fourth-order valence-electron chi connectivity index (χ4n) is 2.37. The van der Waals surface area contributed by atoms with Gasteiger partial charge in [-0.15, -0.1) is 11.3 Å². The molecule has 2 aromatic heterocycles. The summed E-state index contributed by atoms with van der Waals surface area (Å²) < 4.78 is 16.2. The van der Waals surface area contributed by atoms with Crippen molar-refractivity contribution < 1.29 is 4.39 Å². The predicted molar refractivity (Wildman–Crippen MR) is 82.8 cm³/mol. The lowest BCUT2D eigenvalue weighted by molar-refractivity contribution is 0.494. The van der Waals surface area contributed by atoms with Crippen LogP contribution in [0.2, 0.25) is 0 Å². The third kappa shape index (κ3) is 2.82. The Balaban J connectivity index is 1.86. The Labute approximate surface area is 126 Å². The third-order valence-corrected chi connectivity index (χ3v) is 4.65. The highest BCUT2D eigenvalue weighted by Gasteiger charge is 2.16. The van der Waals surface area contributed by atoms with E-state index >= 15 is 0 Å². The summed E-state index contributed by atoms with van der Waals surface area (Å²) in [6.45, 7) is 4.12. The van der Waals surface area contributed by atoms with Crippen molar-refractivity contribution in [1.82, 2.24) is 14.8 Å². The standard InChI is InChI=1S/C15H17FN4S/c1-9(2)20-15(18-8-19-20)7-12(17)14-6-10-5-11(16)3-4-13(10)21-14/h3-6,8-9,12H,7,17H2,1-2H3. The molecule has 6 heteroatoms. The Kier molecular flexibility index (Phi) is 3.73. The third-order valence-electron chi connectivity index (χ3n) is 3.40. The van der Waals surface area contributed by atoms with Gasteiger partial charge in [-0.3, -0.25) is 0 Å². The smallest absolute Gasteiger partial charge is 0.138 e. The molecule has 0 aliphatic heterocycles. The van der Waals surface area contributed by atoms with Crippen LogP contribution in [-0.2, 0) is 6.42 Å². The maximum Gasteiger partial charge on any atom is 0.138 e. The SMILES string of the molecule is CC(C)n1ncnc1CC(N)c1cc2cc(F)ccc2s1. The second kappa shape index (κ2) is 5.54. The Morgan fingerprint density at radius 2 is 2.14 bits per heavy atom. The Bertz CT molecular complexity index is 762. The van der Waals surface area contributed by atoms with Gasteiger partial charge in [0, 0.05) is 28.1 Å². The molecule has 0 fully saturated rings. The van der Waals surface area contributed by atoms with Crippen LogP contribution in [0.1, 0.15) is 36.6 Å². The van der Waals surface area contributed by atoms with Crippen LogP contribution in [0.3, 0.4) is 0 Å². The molecular weight excluding hydrogens is 287 g/mol. The van der Waals surface area contributed by atoms with Gasteiger partial charge in [-0.05, 0) is 43.5 Å². The normalized spacial score (nSPS) is 13.2. The van der Waals surface area contributed by atoms with Gasteiger partial charge in [0.15, 0.2) is 0 Å². The van der Waals surface area contributed by atoms with Crippen LogP contribution in [0.5, 0.6) is 0 Å². The van der Waals surface area contributed by atoms with Crippen LogP contribution in [0, 0.1) is 5.82 Å². The molecule has 1 aromatic carbocycles. The van der Waals surface area contributed by atoms with Crippen LogP contribution in [0.15, 0.2) is 30.6 Å². The van der Waals surface area contributed by atoms with Gasteiger partial charge in [-0.25, -0.2) is 14.1 Å². The van der Waals surface area contributed by atoms with Crippen LogP contribution < -0.4 is 5.73 Å². The van der Waals surface area contributed by atoms with Crippen LogP contribution in [0.25, 0.3) is 10.1 Å². The predicted octanol–water partition coefficient (Wildman–Crippen LogP) is 3.46. The Morgan fingerprint density at radius 1 is 1.33 bits per heavy atom. The van der Waals surface area contributed by atoms with Crippen molar-refractivity contribution in [2.24, 2.45) is 5.73 Å². The summed E-state index contributed by atoms with van der Waals surface area (Å²) in [4.78, 5) is 5.32. The number of hydrogen-bond acceptors (Lipinski definition) is 4. The molecule has 0 saturated carbocycles. The zero-order valence-corrected chi connectivity index (χ0v) is 12.8. The molecule has 0 aliphatic carbocycles. The quantitative estimate of drug-likeness (QED) is 0.803. The molecule has 4 nitrogen and oxygen atoms in total. The van der Waals surface area contributed by atoms with Crippen molar-refractivity contribution >= 4 is 21.4 Å². The zero-order chi connectivity index (χ0) is 15.0. The van der Waals surface area contributed by atoms with E-state index in [0.717, 1.165) is 20.8 Å². The average molecular weight is 304 g/mol. The summed E-state index contributed by atoms with van der Waals surface area (Å²) >= 11 is 1.60. The molecule has 3 aromatic rings. The van der Waals surface area contributed by atoms with E-state index in [1.54, 1.807) is 29.8 Å². The minimum absolute atomic E-state index is 0.160. The molecule has 0 saturated heterocycles. The van der Waals surface area contributed by atoms with Gasteiger partial charge >= 0.3 is 0 Å². The van der Waals surface area contributed by atoms with E-state index in [-0.39, 0.29) is 17.9 Å². The van der Waals surface area contributed by atoms with E-state index in [0.29, 0.717) is 6.42 Å². The largest absolute Gasteiger partial charge is 0.323 e. The fraction of sp³-hybridized carbons (Fsp3) is 0.333. The van der Waals surface area contributed by atoms with E-state index in [1.165, 1.54) is 6.07 Å². The van der Waals surface area contributed by atoms with E-state index in [9.17, 15) is 4.39 Å². The zero-order valence-electron chi connectivity index (χ0n) is 12.0. The number of thiophene rings is 1. The summed E-state index contributed by atoms with van der Waals surface area (Å²) in [5.74, 6) is 0.654. The van der Waals surface area contributed by atoms with Crippen LogP contribution in [-0.4, -0.2) is 14.8 Å². The van der Waals surface area contributed by atoms with E-state index < -0.39 is 0 Å². The van der Waals surface area contributed by atoms with Gasteiger partial charge in [0.2, 0.25) is 0 Å². The molecule has 1 unspecified atom stereocenters. The topological polar surface area (TPSA) is 56.7 Å². The molecule has 0 spiro atoms. The highest BCUT2D eigenvalue weighted by atomic mass is 32.1. The minimum atomic E-state index is -0.222. The van der Waals surface area contributed by atoms with Gasteiger partial charge in [0.1, 0.15) is 18.0 Å². The van der Waals surface area contributed by atoms with Crippen molar-refractivity contribution in [2.75, 3.05) is 0 Å². The fourth-order valence-corrected chi connectivity index (χ4v) is 3.41. The number of rotatable bonds is 4. The Morgan fingerprint density at radius 3 is 2.90 bits per heavy atom. The van der Waals surface area contributed by atoms with E-state index in [1.807, 2.05) is 10.7 Å². The molecule has 2 N–H and O–H groups in total. The lowest BCUT2D eigenvalue weighted by Crippen LogP contribution is -2.17. The first-order chi connectivity index (χ1) is 10.0. The summed E-state index contributed by atoms with van der Waals surface area (Å²) in [5.41, 5.74) is 6.29. The highest BCUT2D eigenvalue weighted by Crippen LogP contribution is 2.30. The van der Waals surface area contributed by atoms with Gasteiger partial charge in [0.05, 0.1) is 0 Å². The second-order valence-corrected chi connectivity index (χ2v) is 6.47. The van der Waals surface area contributed by atoms with Crippen molar-refractivity contribution in [1.29, 1.82) is 0 Å². The maximum atomic E-state index is 13.2. The Hall–Kier alpha value is -1.79. The minimum Gasteiger partial charge on any atom is -0.323 e. The second-order valence-electron chi connectivity index (χ2n) is 5.36. The van der Waals surface area contributed by atoms with Gasteiger partial charge in [-0.2, -0.15) is 5.10 Å². The molecule has 3 rings (SSSR count). The summed E-state index contributed by atoms with van der Waals surface area (Å²) in [6.07, 6.45) is 2.18. The van der Waals surface area contributed by atoms with Crippen molar-refractivity contribution in [2.45, 2.75) is 32.4 Å². The van der Waals surface area contributed by atoms with Crippen LogP contribution in [0.4, 0.5) is 4.39 Å². The first-order valence-corrected chi connectivity index (χ1v) is 7.69. The van der Waals surface area contributed by atoms with E-state index in [2.05, 4.69) is 23.9 Å². The number of benzene rings is 1. The molecule has 0 radical (unpaired) electrons. The molecule has 2 heterocycles. The van der Waals surface area contributed by atoms with Gasteiger partial charge < -0.3 is 5.73 Å². The number of halogens is 1. The van der Waals surface area contributed by atoms with Crippen molar-refractivity contribution in [3.05, 3.63) is 47.1 Å². The first-order valence-electron chi connectivity index (χ1n) is 6.87. The number of nitrogens with two attached hydrogens (primary N) is 1. The summed E-state index contributed by atoms with van der Waals surface area (Å²) in [7, 11) is 0. The first kappa shape index (κ1) is 14.2. The number of aromatic nitrogens is 3. The van der Waals surface area contributed by atoms with Crippen LogP contribution >= 0.6 is 11.3 Å². The maximum absolute atomic E-state index is 13.2. The van der Waals surface area contributed by atoms with Gasteiger partial charge in [-0.1, -0.05) is 0 Å². The van der Waals surface area contributed by atoms with Crippen molar-refractivity contribution in [3.63, 3.8) is 0 Å². The monoisotopic (exact) mass is 304 g/mol. The molecule has 1 atom stereocenters. The summed E-state index contributed by atoms with van der Waals surface area (Å²) in [6, 6.07) is 6.87. The lowest BCUT2D eigenvalue weighted by atomic mass is 10.1. The summed E-state index contributed by atoms with van der Waals surface area (Å²) in [5, 5.41) is 5.12. The molecule has 0 amide bonds. The molecule has 110 valence electrons. The lowest BCUT2D eigenvalue weighted by Gasteiger charge is -2.12. The van der Waals surface area contributed by atoms with Crippen molar-refractivity contribution in [3.8, 4) is 0 Å². The number of fused-ring (bicyclic) bond motifs is 1. The molecule has 0 aliphatic rings. The molecular formula is C15H17FN4S.